The van der Waals surface area contributed by atoms with E-state index in [1.807, 2.05) is 6.92 Å². The van der Waals surface area contributed by atoms with Crippen LogP contribution in [-0.2, 0) is 4.79 Å². The van der Waals surface area contributed by atoms with Crippen molar-refractivity contribution in [3.05, 3.63) is 24.3 Å². The third-order valence-electron chi connectivity index (χ3n) is 2.79. The Bertz CT molecular complexity index is 553. The molecule has 134 valence electrons. The van der Waals surface area contributed by atoms with Crippen LogP contribution in [0.1, 0.15) is 19.8 Å². The Hall–Kier alpha value is -1.90. The molecule has 0 aliphatic rings. The first kappa shape index (κ1) is 20.1. The van der Waals surface area contributed by atoms with Crippen molar-refractivity contribution in [2.75, 3.05) is 24.2 Å². The van der Waals surface area contributed by atoms with E-state index in [2.05, 4.69) is 16.0 Å². The summed E-state index contributed by atoms with van der Waals surface area (Å²) in [5.74, 6) is -1.59. The van der Waals surface area contributed by atoms with E-state index in [0.717, 1.165) is 12.8 Å². The first-order valence-electron chi connectivity index (χ1n) is 7.42. The topological polar surface area (TPSA) is 70.2 Å². The molecule has 0 saturated carbocycles. The number of anilines is 1. The van der Waals surface area contributed by atoms with Crippen LogP contribution in [0.5, 0.6) is 0 Å². The quantitative estimate of drug-likeness (QED) is 0.489. The highest BCUT2D eigenvalue weighted by atomic mass is 32.2. The summed E-state index contributed by atoms with van der Waals surface area (Å²) in [4.78, 5) is 23.5. The maximum absolute atomic E-state index is 12.3. The van der Waals surface area contributed by atoms with Crippen molar-refractivity contribution in [1.82, 2.24) is 10.6 Å². The van der Waals surface area contributed by atoms with Gasteiger partial charge in [-0.15, -0.1) is 11.8 Å². The summed E-state index contributed by atoms with van der Waals surface area (Å²) < 4.78 is 36.9. The molecule has 1 rings (SSSR count). The third kappa shape index (κ3) is 8.66. The molecule has 0 heterocycles. The monoisotopic (exact) mass is 363 g/mol. The fourth-order valence-corrected chi connectivity index (χ4v) is 2.46. The number of thioether (sulfide) groups is 1. The number of carbonyl (C=O) groups excluding carboxylic acids is 2. The molecular weight excluding hydrogens is 343 g/mol. The van der Waals surface area contributed by atoms with Gasteiger partial charge in [0, 0.05) is 17.1 Å². The summed E-state index contributed by atoms with van der Waals surface area (Å²) in [6, 6.07) is 5.79. The van der Waals surface area contributed by atoms with E-state index in [1.54, 1.807) is 18.2 Å². The highest BCUT2D eigenvalue weighted by molar-refractivity contribution is 7.99. The molecule has 0 spiro atoms. The third-order valence-corrected chi connectivity index (χ3v) is 3.93. The van der Waals surface area contributed by atoms with Gasteiger partial charge in [-0.05, 0) is 18.6 Å². The van der Waals surface area contributed by atoms with Gasteiger partial charge in [-0.2, -0.15) is 13.2 Å². The Labute approximate surface area is 142 Å². The van der Waals surface area contributed by atoms with Crippen LogP contribution in [0.2, 0.25) is 0 Å². The van der Waals surface area contributed by atoms with Gasteiger partial charge in [-0.25, -0.2) is 4.79 Å². The second-order valence-electron chi connectivity index (χ2n) is 4.91. The van der Waals surface area contributed by atoms with Crippen LogP contribution in [0.3, 0.4) is 0 Å². The summed E-state index contributed by atoms with van der Waals surface area (Å²) in [5.41, 5.74) is 0.410. The molecular formula is C15H20F3N3O2S. The highest BCUT2D eigenvalue weighted by Crippen LogP contribution is 2.31. The number of halogens is 3. The van der Waals surface area contributed by atoms with Gasteiger partial charge in [0.1, 0.15) is 0 Å². The van der Waals surface area contributed by atoms with E-state index in [0.29, 0.717) is 28.9 Å². The summed E-state index contributed by atoms with van der Waals surface area (Å²) in [6.45, 7) is 2.23. The van der Waals surface area contributed by atoms with Crippen molar-refractivity contribution in [3.63, 3.8) is 0 Å². The van der Waals surface area contributed by atoms with Gasteiger partial charge in [0.15, 0.2) is 0 Å². The van der Waals surface area contributed by atoms with Crippen LogP contribution in [0.25, 0.3) is 0 Å². The average molecular weight is 363 g/mol. The number of rotatable bonds is 8. The summed E-state index contributed by atoms with van der Waals surface area (Å²) in [7, 11) is 0. The maximum Gasteiger partial charge on any atom is 0.398 e. The van der Waals surface area contributed by atoms with E-state index in [-0.39, 0.29) is 6.54 Å². The molecule has 0 bridgehead atoms. The van der Waals surface area contributed by atoms with Gasteiger partial charge in [0.05, 0.1) is 12.3 Å². The molecule has 0 aliphatic heterocycles. The number of para-hydroxylation sites is 1. The predicted octanol–water partition coefficient (Wildman–Crippen LogP) is 3.38. The van der Waals surface area contributed by atoms with Crippen molar-refractivity contribution >= 4 is 29.4 Å². The molecule has 0 saturated heterocycles. The molecule has 0 unspecified atom stereocenters. The van der Waals surface area contributed by atoms with Crippen molar-refractivity contribution < 1.29 is 22.8 Å². The van der Waals surface area contributed by atoms with E-state index < -0.39 is 23.9 Å². The van der Waals surface area contributed by atoms with Gasteiger partial charge in [0.2, 0.25) is 5.91 Å². The maximum atomic E-state index is 12.3. The summed E-state index contributed by atoms with van der Waals surface area (Å²) in [5, 5.41) is 7.42. The van der Waals surface area contributed by atoms with Crippen molar-refractivity contribution in [2.45, 2.75) is 30.8 Å². The lowest BCUT2D eigenvalue weighted by molar-refractivity contribution is -0.118. The van der Waals surface area contributed by atoms with E-state index in [4.69, 9.17) is 0 Å². The lowest BCUT2D eigenvalue weighted by atomic mass is 10.3. The molecule has 3 amide bonds. The standard InChI is InChI=1S/C15H20F3N3O2S/c1-2-3-8-19-14(23)21-13(22)9-20-11-6-4-5-7-12(11)24-10-15(16,17)18/h4-7,20H,2-3,8-10H2,1H3,(H2,19,21,22,23). The van der Waals surface area contributed by atoms with Crippen LogP contribution in [0.15, 0.2) is 29.2 Å². The number of alkyl halides is 3. The van der Waals surface area contributed by atoms with Gasteiger partial charge in [-0.1, -0.05) is 25.5 Å². The highest BCUT2D eigenvalue weighted by Gasteiger charge is 2.27. The van der Waals surface area contributed by atoms with Crippen LogP contribution in [0.4, 0.5) is 23.7 Å². The Kier molecular flexibility index (Phi) is 8.45. The second kappa shape index (κ2) is 10.1. The first-order valence-corrected chi connectivity index (χ1v) is 8.40. The number of nitrogens with one attached hydrogen (secondary N) is 3. The van der Waals surface area contributed by atoms with Crippen molar-refractivity contribution in [3.8, 4) is 0 Å². The largest absolute Gasteiger partial charge is 0.398 e. The number of urea groups is 1. The normalized spacial score (nSPS) is 11.0. The number of unbranched alkanes of at least 4 members (excludes halogenated alkanes) is 1. The lowest BCUT2D eigenvalue weighted by Crippen LogP contribution is -2.42. The first-order chi connectivity index (χ1) is 11.3. The molecule has 0 fully saturated rings. The number of hydrogen-bond donors (Lipinski definition) is 3. The molecule has 24 heavy (non-hydrogen) atoms. The molecule has 0 atom stereocenters. The van der Waals surface area contributed by atoms with Gasteiger partial charge >= 0.3 is 12.2 Å². The molecule has 1 aromatic carbocycles. The molecule has 1 aromatic rings. The van der Waals surface area contributed by atoms with Gasteiger partial charge in [0.25, 0.3) is 0 Å². The number of carbonyl (C=O) groups is 2. The number of benzene rings is 1. The molecule has 5 nitrogen and oxygen atoms in total. The van der Waals surface area contributed by atoms with Crippen LogP contribution in [-0.4, -0.2) is 37.0 Å². The SMILES string of the molecule is CCCCNC(=O)NC(=O)CNc1ccccc1SCC(F)(F)F. The van der Waals surface area contributed by atoms with Crippen LogP contribution < -0.4 is 16.0 Å². The smallest absolute Gasteiger partial charge is 0.375 e. The Balaban J connectivity index is 2.46. The zero-order valence-corrected chi connectivity index (χ0v) is 14.0. The van der Waals surface area contributed by atoms with Crippen molar-refractivity contribution in [2.24, 2.45) is 0 Å². The average Bonchev–Trinajstić information content (AvgIpc) is 2.51. The fraction of sp³-hybridized carbons (Fsp3) is 0.467. The number of imide groups is 1. The zero-order chi connectivity index (χ0) is 18.0. The minimum atomic E-state index is -4.27. The molecule has 9 heteroatoms. The van der Waals surface area contributed by atoms with Crippen LogP contribution >= 0.6 is 11.8 Å². The number of amides is 3. The van der Waals surface area contributed by atoms with E-state index in [1.165, 1.54) is 6.07 Å². The second-order valence-corrected chi connectivity index (χ2v) is 5.93. The minimum Gasteiger partial charge on any atom is -0.375 e. The molecule has 0 radical (unpaired) electrons. The van der Waals surface area contributed by atoms with Crippen LogP contribution in [0, 0.1) is 0 Å². The zero-order valence-electron chi connectivity index (χ0n) is 13.2. The van der Waals surface area contributed by atoms with E-state index in [9.17, 15) is 22.8 Å². The molecule has 0 aliphatic carbocycles. The van der Waals surface area contributed by atoms with E-state index >= 15 is 0 Å². The lowest BCUT2D eigenvalue weighted by Gasteiger charge is -2.12. The number of hydrogen-bond acceptors (Lipinski definition) is 4. The predicted molar refractivity (Wildman–Crippen MR) is 88.2 cm³/mol. The summed E-state index contributed by atoms with van der Waals surface area (Å²) >= 11 is 0.635. The Morgan fingerprint density at radius 3 is 2.58 bits per heavy atom. The van der Waals surface area contributed by atoms with Gasteiger partial charge < -0.3 is 10.6 Å². The van der Waals surface area contributed by atoms with Crippen molar-refractivity contribution in [1.29, 1.82) is 0 Å². The van der Waals surface area contributed by atoms with Gasteiger partial charge in [-0.3, -0.25) is 10.1 Å². The molecule has 3 N–H and O–H groups in total. The summed E-state index contributed by atoms with van der Waals surface area (Å²) in [6.07, 6.45) is -2.54. The Morgan fingerprint density at radius 1 is 1.21 bits per heavy atom. The fourth-order valence-electron chi connectivity index (χ4n) is 1.67. The Morgan fingerprint density at radius 2 is 1.92 bits per heavy atom. The molecule has 0 aromatic heterocycles. The minimum absolute atomic E-state index is 0.217.